The average Bonchev–Trinajstić information content (AvgIpc) is 3.01. The minimum absolute atomic E-state index is 0.208. The lowest BCUT2D eigenvalue weighted by Gasteiger charge is -2.56. The van der Waals surface area contributed by atoms with Gasteiger partial charge >= 0.3 is 0 Å². The van der Waals surface area contributed by atoms with Crippen molar-refractivity contribution in [2.24, 2.45) is 0 Å². The van der Waals surface area contributed by atoms with Gasteiger partial charge in [-0.1, -0.05) is 23.5 Å². The van der Waals surface area contributed by atoms with Crippen LogP contribution in [0.5, 0.6) is 0 Å². The van der Waals surface area contributed by atoms with Gasteiger partial charge in [-0.15, -0.1) is 0 Å². The number of rotatable bonds is 3. The Hall–Kier alpha value is -2.05. The minimum Gasteiger partial charge on any atom is -0.339 e. The van der Waals surface area contributed by atoms with Crippen LogP contribution in [0.2, 0.25) is 0 Å². The van der Waals surface area contributed by atoms with Crippen LogP contribution in [0, 0.1) is 12.7 Å². The first-order valence-corrected chi connectivity index (χ1v) is 9.47. The molecular formula is C19H19FN4S. The fourth-order valence-electron chi connectivity index (χ4n) is 4.07. The van der Waals surface area contributed by atoms with Crippen LogP contribution in [0.25, 0.3) is 10.2 Å². The number of pyridine rings is 1. The summed E-state index contributed by atoms with van der Waals surface area (Å²) < 4.78 is 15.1. The Labute approximate surface area is 149 Å². The zero-order chi connectivity index (χ0) is 17.0. The van der Waals surface area contributed by atoms with Crippen molar-refractivity contribution in [3.63, 3.8) is 0 Å². The summed E-state index contributed by atoms with van der Waals surface area (Å²) in [4.78, 5) is 13.9. The number of thiazole rings is 1. The van der Waals surface area contributed by atoms with E-state index in [4.69, 9.17) is 4.98 Å². The summed E-state index contributed by atoms with van der Waals surface area (Å²) >= 11 is 1.78. The monoisotopic (exact) mass is 354 g/mol. The average molecular weight is 354 g/mol. The molecule has 0 aliphatic carbocycles. The largest absolute Gasteiger partial charge is 0.339 e. The summed E-state index contributed by atoms with van der Waals surface area (Å²) in [6, 6.07) is 10.4. The maximum atomic E-state index is 13.8. The maximum Gasteiger partial charge on any atom is 0.187 e. The normalized spacial score (nSPS) is 23.0. The minimum atomic E-state index is -0.208. The van der Waals surface area contributed by atoms with Gasteiger partial charge in [0.25, 0.3) is 0 Å². The molecule has 2 bridgehead atoms. The number of piperidine rings is 1. The summed E-state index contributed by atoms with van der Waals surface area (Å²) in [6.07, 6.45) is 2.87. The van der Waals surface area contributed by atoms with Gasteiger partial charge in [0.2, 0.25) is 0 Å². The summed E-state index contributed by atoms with van der Waals surface area (Å²) in [6.45, 7) is 4.60. The standard InChI is InChI=1S/C19H19FN4S/c1-12-4-2-6-17-18(12)22-19(25-17)24-13-8-14(24)10-23(9-13)11-16-15(20)5-3-7-21-16/h2-7,13-14H,8-11H2,1H3. The smallest absolute Gasteiger partial charge is 0.187 e. The van der Waals surface area contributed by atoms with Gasteiger partial charge in [-0.25, -0.2) is 9.37 Å². The molecule has 5 heterocycles. The zero-order valence-corrected chi connectivity index (χ0v) is 14.8. The Morgan fingerprint density at radius 3 is 2.80 bits per heavy atom. The van der Waals surface area contributed by atoms with Crippen molar-refractivity contribution in [2.45, 2.75) is 32.0 Å². The molecule has 3 aromatic rings. The van der Waals surface area contributed by atoms with Gasteiger partial charge in [0.15, 0.2) is 5.13 Å². The number of aromatic nitrogens is 2. The van der Waals surface area contributed by atoms with E-state index in [0.29, 0.717) is 24.3 Å². The predicted molar refractivity (Wildman–Crippen MR) is 98.5 cm³/mol. The molecule has 1 aromatic carbocycles. The van der Waals surface area contributed by atoms with Gasteiger partial charge in [-0.3, -0.25) is 9.88 Å². The number of hydrogen-bond acceptors (Lipinski definition) is 5. The van der Waals surface area contributed by atoms with E-state index in [1.807, 2.05) is 0 Å². The first-order valence-electron chi connectivity index (χ1n) is 8.65. The number of nitrogens with zero attached hydrogens (tertiary/aromatic N) is 4. The molecule has 2 unspecified atom stereocenters. The molecule has 2 atom stereocenters. The molecule has 0 saturated carbocycles. The first-order chi connectivity index (χ1) is 12.2. The molecule has 4 nitrogen and oxygen atoms in total. The number of fused-ring (bicyclic) bond motifs is 3. The van der Waals surface area contributed by atoms with Crippen molar-refractivity contribution >= 4 is 26.7 Å². The van der Waals surface area contributed by atoms with Crippen LogP contribution in [0.15, 0.2) is 36.5 Å². The van der Waals surface area contributed by atoms with Crippen LogP contribution in [-0.4, -0.2) is 40.0 Å². The summed E-state index contributed by atoms with van der Waals surface area (Å²) in [5.74, 6) is -0.208. The fraction of sp³-hybridized carbons (Fsp3) is 0.368. The Kier molecular flexibility index (Phi) is 3.50. The first kappa shape index (κ1) is 15.2. The molecule has 3 saturated heterocycles. The number of benzene rings is 1. The Bertz CT molecular complexity index is 928. The van der Waals surface area contributed by atoms with Crippen molar-refractivity contribution in [1.29, 1.82) is 0 Å². The molecule has 0 amide bonds. The van der Waals surface area contributed by atoms with E-state index in [0.717, 1.165) is 23.7 Å². The lowest BCUT2D eigenvalue weighted by molar-refractivity contribution is 0.106. The van der Waals surface area contributed by atoms with E-state index >= 15 is 0 Å². The highest BCUT2D eigenvalue weighted by atomic mass is 32.1. The molecule has 0 N–H and O–H groups in total. The molecule has 25 heavy (non-hydrogen) atoms. The van der Waals surface area contributed by atoms with Gasteiger partial charge in [-0.2, -0.15) is 0 Å². The van der Waals surface area contributed by atoms with Gasteiger partial charge in [0, 0.05) is 37.9 Å². The van der Waals surface area contributed by atoms with Crippen LogP contribution in [0.1, 0.15) is 17.7 Å². The van der Waals surface area contributed by atoms with Crippen LogP contribution in [0.3, 0.4) is 0 Å². The Morgan fingerprint density at radius 2 is 2.04 bits per heavy atom. The summed E-state index contributed by atoms with van der Waals surface area (Å²) in [5, 5.41) is 1.13. The van der Waals surface area contributed by atoms with Crippen LogP contribution >= 0.6 is 11.3 Å². The van der Waals surface area contributed by atoms with Crippen molar-refractivity contribution in [3.05, 3.63) is 53.6 Å². The molecule has 0 spiro atoms. The second-order valence-corrected chi connectivity index (χ2v) is 8.00. The Balaban J connectivity index is 1.34. The number of piperazine rings is 1. The number of halogens is 1. The molecule has 3 fully saturated rings. The van der Waals surface area contributed by atoms with E-state index in [-0.39, 0.29) is 5.82 Å². The van der Waals surface area contributed by atoms with Gasteiger partial charge < -0.3 is 4.90 Å². The van der Waals surface area contributed by atoms with Crippen molar-refractivity contribution in [1.82, 2.24) is 14.9 Å². The van der Waals surface area contributed by atoms with Gasteiger partial charge in [-0.05, 0) is 37.1 Å². The second-order valence-electron chi connectivity index (χ2n) is 6.99. The lowest BCUT2D eigenvalue weighted by Crippen LogP contribution is -2.68. The number of aryl methyl sites for hydroxylation is 1. The molecule has 6 rings (SSSR count). The van der Waals surface area contributed by atoms with E-state index in [1.165, 1.54) is 22.8 Å². The number of para-hydroxylation sites is 1. The molecule has 0 radical (unpaired) electrons. The SMILES string of the molecule is Cc1cccc2sc(N3C4CC3CN(Cc3ncccc3F)C4)nc12. The Morgan fingerprint density at radius 1 is 1.20 bits per heavy atom. The third kappa shape index (κ3) is 2.51. The molecule has 3 aliphatic heterocycles. The highest BCUT2D eigenvalue weighted by molar-refractivity contribution is 7.22. The summed E-state index contributed by atoms with van der Waals surface area (Å²) in [5.41, 5.74) is 2.91. The second kappa shape index (κ2) is 5.75. The van der Waals surface area contributed by atoms with Crippen LogP contribution < -0.4 is 4.90 Å². The molecule has 3 aliphatic rings. The number of hydrogen-bond donors (Lipinski definition) is 0. The molecule has 128 valence electrons. The van der Waals surface area contributed by atoms with Gasteiger partial charge in [0.05, 0.1) is 15.9 Å². The predicted octanol–water partition coefficient (Wildman–Crippen LogP) is 3.60. The van der Waals surface area contributed by atoms with E-state index in [9.17, 15) is 4.39 Å². The van der Waals surface area contributed by atoms with Gasteiger partial charge in [0.1, 0.15) is 5.82 Å². The van der Waals surface area contributed by atoms with Crippen LogP contribution in [0.4, 0.5) is 9.52 Å². The maximum absolute atomic E-state index is 13.8. The quantitative estimate of drug-likeness (QED) is 0.719. The topological polar surface area (TPSA) is 32.3 Å². The van der Waals surface area contributed by atoms with E-state index in [2.05, 4.69) is 39.9 Å². The van der Waals surface area contributed by atoms with Crippen molar-refractivity contribution in [2.75, 3.05) is 18.0 Å². The third-order valence-electron chi connectivity index (χ3n) is 5.31. The molecular weight excluding hydrogens is 335 g/mol. The van der Waals surface area contributed by atoms with Crippen molar-refractivity contribution in [3.8, 4) is 0 Å². The van der Waals surface area contributed by atoms with E-state index < -0.39 is 0 Å². The summed E-state index contributed by atoms with van der Waals surface area (Å²) in [7, 11) is 0. The van der Waals surface area contributed by atoms with Crippen molar-refractivity contribution < 1.29 is 4.39 Å². The highest BCUT2D eigenvalue weighted by Gasteiger charge is 2.46. The lowest BCUT2D eigenvalue weighted by atomic mass is 9.88. The van der Waals surface area contributed by atoms with Crippen LogP contribution in [-0.2, 0) is 6.54 Å². The molecule has 2 aromatic heterocycles. The molecule has 6 heteroatoms. The third-order valence-corrected chi connectivity index (χ3v) is 6.34. The number of anilines is 1. The zero-order valence-electron chi connectivity index (χ0n) is 14.0. The van der Waals surface area contributed by atoms with E-state index in [1.54, 1.807) is 23.6 Å². The fourth-order valence-corrected chi connectivity index (χ4v) is 5.26. The highest BCUT2D eigenvalue weighted by Crippen LogP contribution is 2.41.